The summed E-state index contributed by atoms with van der Waals surface area (Å²) in [5.74, 6) is -0.478. The van der Waals surface area contributed by atoms with E-state index in [-0.39, 0.29) is 17.8 Å². The Morgan fingerprint density at radius 1 is 1.42 bits per heavy atom. The summed E-state index contributed by atoms with van der Waals surface area (Å²) >= 11 is 0. The summed E-state index contributed by atoms with van der Waals surface area (Å²) < 4.78 is 1.62. The predicted octanol–water partition coefficient (Wildman–Crippen LogP) is 1.26. The van der Waals surface area contributed by atoms with E-state index in [0.717, 1.165) is 5.69 Å². The van der Waals surface area contributed by atoms with Gasteiger partial charge >= 0.3 is 0 Å². The first-order valence-corrected chi connectivity index (χ1v) is 5.58. The highest BCUT2D eigenvalue weighted by Crippen LogP contribution is 2.17. The van der Waals surface area contributed by atoms with E-state index < -0.39 is 10.8 Å². The first-order valence-electron chi connectivity index (χ1n) is 5.58. The van der Waals surface area contributed by atoms with Crippen molar-refractivity contribution in [2.24, 2.45) is 7.05 Å². The number of para-hydroxylation sites is 1. The number of nitrogens with one attached hydrogen (secondary N) is 1. The highest BCUT2D eigenvalue weighted by Gasteiger charge is 2.18. The molecule has 0 aliphatic rings. The van der Waals surface area contributed by atoms with Gasteiger partial charge in [-0.15, -0.1) is 0 Å². The summed E-state index contributed by atoms with van der Waals surface area (Å²) in [6, 6.07) is 7.61. The molecule has 0 saturated carbocycles. The van der Waals surface area contributed by atoms with E-state index in [4.69, 9.17) is 0 Å². The normalized spacial score (nSPS) is 10.2. The molecule has 2 aromatic rings. The number of carbonyl (C=O) groups excluding carboxylic acids is 1. The van der Waals surface area contributed by atoms with Gasteiger partial charge in [0.15, 0.2) is 0 Å². The minimum atomic E-state index is -0.570. The Morgan fingerprint density at radius 2 is 2.16 bits per heavy atom. The van der Waals surface area contributed by atoms with Crippen molar-refractivity contribution < 1.29 is 9.72 Å². The lowest BCUT2D eigenvalue weighted by Gasteiger charge is -2.06. The van der Waals surface area contributed by atoms with E-state index in [9.17, 15) is 14.9 Å². The van der Waals surface area contributed by atoms with Crippen molar-refractivity contribution in [2.45, 2.75) is 6.54 Å². The van der Waals surface area contributed by atoms with E-state index in [0.29, 0.717) is 0 Å². The second kappa shape index (κ2) is 5.30. The van der Waals surface area contributed by atoms with Crippen LogP contribution in [0.25, 0.3) is 0 Å². The molecule has 7 nitrogen and oxygen atoms in total. The van der Waals surface area contributed by atoms with Gasteiger partial charge in [0, 0.05) is 19.3 Å². The zero-order valence-electron chi connectivity index (χ0n) is 10.2. The molecule has 1 aromatic heterocycles. The molecular formula is C12H12N4O3. The number of nitro groups is 1. The van der Waals surface area contributed by atoms with Crippen LogP contribution >= 0.6 is 0 Å². The van der Waals surface area contributed by atoms with Gasteiger partial charge in [0.1, 0.15) is 5.56 Å². The van der Waals surface area contributed by atoms with E-state index in [1.807, 2.05) is 0 Å². The lowest BCUT2D eigenvalue weighted by molar-refractivity contribution is -0.385. The van der Waals surface area contributed by atoms with Crippen LogP contribution < -0.4 is 5.32 Å². The van der Waals surface area contributed by atoms with Crippen LogP contribution in [-0.4, -0.2) is 20.6 Å². The van der Waals surface area contributed by atoms with E-state index in [1.54, 1.807) is 30.1 Å². The molecule has 0 saturated heterocycles. The van der Waals surface area contributed by atoms with Gasteiger partial charge in [-0.05, 0) is 12.1 Å². The molecule has 0 aliphatic heterocycles. The number of carbonyl (C=O) groups is 1. The van der Waals surface area contributed by atoms with Crippen LogP contribution in [-0.2, 0) is 13.6 Å². The molecule has 0 atom stereocenters. The fourth-order valence-electron chi connectivity index (χ4n) is 1.67. The van der Waals surface area contributed by atoms with E-state index in [1.165, 1.54) is 18.2 Å². The standard InChI is InChI=1S/C12H12N4O3/c1-15-9(6-7-14-15)8-13-12(17)10-4-2-3-5-11(10)16(18)19/h2-7H,8H2,1H3,(H,13,17). The van der Waals surface area contributed by atoms with Crippen molar-refractivity contribution in [3.05, 3.63) is 57.9 Å². The number of nitrogens with zero attached hydrogens (tertiary/aromatic N) is 3. The molecule has 19 heavy (non-hydrogen) atoms. The minimum absolute atomic E-state index is 0.0506. The molecule has 0 fully saturated rings. The zero-order valence-corrected chi connectivity index (χ0v) is 10.2. The number of rotatable bonds is 4. The maximum atomic E-state index is 11.9. The maximum absolute atomic E-state index is 11.9. The number of hydrogen-bond acceptors (Lipinski definition) is 4. The lowest BCUT2D eigenvalue weighted by Crippen LogP contribution is -2.24. The third-order valence-corrected chi connectivity index (χ3v) is 2.70. The SMILES string of the molecule is Cn1nccc1CNC(=O)c1ccccc1[N+](=O)[O-]. The Bertz CT molecular complexity index is 621. The van der Waals surface area contributed by atoms with Crippen molar-refractivity contribution in [3.8, 4) is 0 Å². The van der Waals surface area contributed by atoms with Crippen molar-refractivity contribution in [1.29, 1.82) is 0 Å². The summed E-state index contributed by atoms with van der Waals surface area (Å²) in [6.45, 7) is 0.265. The van der Waals surface area contributed by atoms with Crippen molar-refractivity contribution in [1.82, 2.24) is 15.1 Å². The van der Waals surface area contributed by atoms with Crippen LogP contribution in [0.5, 0.6) is 0 Å². The molecular weight excluding hydrogens is 248 g/mol. The molecule has 1 N–H and O–H groups in total. The van der Waals surface area contributed by atoms with E-state index >= 15 is 0 Å². The van der Waals surface area contributed by atoms with Crippen molar-refractivity contribution >= 4 is 11.6 Å². The highest BCUT2D eigenvalue weighted by atomic mass is 16.6. The third kappa shape index (κ3) is 2.76. The number of hydrogen-bond donors (Lipinski definition) is 1. The molecule has 0 bridgehead atoms. The molecule has 1 aromatic carbocycles. The topological polar surface area (TPSA) is 90.1 Å². The number of aromatic nitrogens is 2. The molecule has 7 heteroatoms. The van der Waals surface area contributed by atoms with Crippen LogP contribution in [0.3, 0.4) is 0 Å². The van der Waals surface area contributed by atoms with Gasteiger partial charge in [-0.25, -0.2) is 0 Å². The fraction of sp³-hybridized carbons (Fsp3) is 0.167. The monoisotopic (exact) mass is 260 g/mol. The first kappa shape index (κ1) is 12.7. The average molecular weight is 260 g/mol. The summed E-state index contributed by atoms with van der Waals surface area (Å²) in [4.78, 5) is 22.2. The van der Waals surface area contributed by atoms with Gasteiger partial charge in [-0.2, -0.15) is 5.10 Å². The van der Waals surface area contributed by atoms with Crippen LogP contribution in [0.4, 0.5) is 5.69 Å². The highest BCUT2D eigenvalue weighted by molar-refractivity contribution is 5.98. The summed E-state index contributed by atoms with van der Waals surface area (Å²) in [7, 11) is 1.76. The van der Waals surface area contributed by atoms with Gasteiger partial charge in [0.25, 0.3) is 11.6 Å². The lowest BCUT2D eigenvalue weighted by atomic mass is 10.1. The molecule has 98 valence electrons. The summed E-state index contributed by atoms with van der Waals surface area (Å²) in [6.07, 6.45) is 1.62. The quantitative estimate of drug-likeness (QED) is 0.661. The number of nitro benzene ring substituents is 1. The molecule has 1 heterocycles. The first-order chi connectivity index (χ1) is 9.09. The second-order valence-electron chi connectivity index (χ2n) is 3.90. The van der Waals surface area contributed by atoms with Crippen LogP contribution in [0.15, 0.2) is 36.5 Å². The second-order valence-corrected chi connectivity index (χ2v) is 3.90. The molecule has 1 amide bonds. The van der Waals surface area contributed by atoms with Crippen LogP contribution in [0.1, 0.15) is 16.1 Å². The van der Waals surface area contributed by atoms with Crippen molar-refractivity contribution in [3.63, 3.8) is 0 Å². The molecule has 2 rings (SSSR count). The van der Waals surface area contributed by atoms with E-state index in [2.05, 4.69) is 10.4 Å². The molecule has 0 spiro atoms. The Balaban J connectivity index is 2.13. The van der Waals surface area contributed by atoms with Gasteiger partial charge in [-0.3, -0.25) is 19.6 Å². The predicted molar refractivity (Wildman–Crippen MR) is 67.5 cm³/mol. The van der Waals surface area contributed by atoms with Gasteiger partial charge in [0.2, 0.25) is 0 Å². The van der Waals surface area contributed by atoms with Gasteiger partial charge < -0.3 is 5.32 Å². The smallest absolute Gasteiger partial charge is 0.282 e. The fourth-order valence-corrected chi connectivity index (χ4v) is 1.67. The zero-order chi connectivity index (χ0) is 13.8. The van der Waals surface area contributed by atoms with Crippen molar-refractivity contribution in [2.75, 3.05) is 0 Å². The van der Waals surface area contributed by atoms with Gasteiger partial charge in [-0.1, -0.05) is 12.1 Å². The Hall–Kier alpha value is -2.70. The minimum Gasteiger partial charge on any atom is -0.346 e. The van der Waals surface area contributed by atoms with Crippen LogP contribution in [0, 0.1) is 10.1 Å². The number of benzene rings is 1. The average Bonchev–Trinajstić information content (AvgIpc) is 2.81. The number of aryl methyl sites for hydroxylation is 1. The molecule has 0 aliphatic carbocycles. The van der Waals surface area contributed by atoms with Crippen LogP contribution in [0.2, 0.25) is 0 Å². The Morgan fingerprint density at radius 3 is 2.79 bits per heavy atom. The number of amides is 1. The Kier molecular flexibility index (Phi) is 3.56. The summed E-state index contributed by atoms with van der Waals surface area (Å²) in [5.41, 5.74) is 0.659. The molecule has 0 radical (unpaired) electrons. The van der Waals surface area contributed by atoms with Gasteiger partial charge in [0.05, 0.1) is 17.2 Å². The Labute approximate surface area is 109 Å². The maximum Gasteiger partial charge on any atom is 0.282 e. The molecule has 0 unspecified atom stereocenters. The largest absolute Gasteiger partial charge is 0.346 e. The third-order valence-electron chi connectivity index (χ3n) is 2.70. The summed E-state index contributed by atoms with van der Waals surface area (Å²) in [5, 5.41) is 17.4.